The lowest BCUT2D eigenvalue weighted by Gasteiger charge is -2.16. The van der Waals surface area contributed by atoms with Gasteiger partial charge in [-0.05, 0) is 25.0 Å². The zero-order valence-electron chi connectivity index (χ0n) is 10.9. The molecule has 2 aromatic rings. The second kappa shape index (κ2) is 5.87. The number of fused-ring (bicyclic) bond motifs is 1. The predicted molar refractivity (Wildman–Crippen MR) is 73.5 cm³/mol. The highest BCUT2D eigenvalue weighted by atomic mass is 15.1. The Bertz CT molecular complexity index is 459. The second-order valence-electron chi connectivity index (χ2n) is 4.71. The SMILES string of the molecule is CCC[NH+](CC)CCc1c[nH]c2ccccc12. The van der Waals surface area contributed by atoms with Crippen molar-refractivity contribution in [1.29, 1.82) is 0 Å². The number of aromatic nitrogens is 1. The fraction of sp³-hybridized carbons (Fsp3) is 0.467. The molecule has 2 heteroatoms. The maximum Gasteiger partial charge on any atom is 0.0812 e. The predicted octanol–water partition coefficient (Wildman–Crippen LogP) is 2.03. The maximum absolute atomic E-state index is 3.35. The monoisotopic (exact) mass is 231 g/mol. The number of aromatic amines is 1. The Balaban J connectivity index is 2.03. The van der Waals surface area contributed by atoms with Crippen LogP contribution in [0.3, 0.4) is 0 Å². The lowest BCUT2D eigenvalue weighted by molar-refractivity contribution is -0.898. The quantitative estimate of drug-likeness (QED) is 0.759. The van der Waals surface area contributed by atoms with Crippen molar-refractivity contribution in [3.8, 4) is 0 Å². The normalized spacial score (nSPS) is 13.1. The van der Waals surface area contributed by atoms with Gasteiger partial charge in [-0.25, -0.2) is 0 Å². The standard InChI is InChI=1S/C15H22N2/c1-3-10-17(4-2)11-9-13-12-16-15-8-6-5-7-14(13)15/h5-8,12,16H,3-4,9-11H2,1-2H3/p+1. The van der Waals surface area contributed by atoms with E-state index in [-0.39, 0.29) is 0 Å². The fourth-order valence-corrected chi connectivity index (χ4v) is 2.48. The van der Waals surface area contributed by atoms with Gasteiger partial charge >= 0.3 is 0 Å². The Morgan fingerprint density at radius 3 is 2.71 bits per heavy atom. The summed E-state index contributed by atoms with van der Waals surface area (Å²) in [5, 5.41) is 1.39. The molecule has 2 rings (SSSR count). The topological polar surface area (TPSA) is 20.2 Å². The van der Waals surface area contributed by atoms with Gasteiger partial charge in [-0.1, -0.05) is 25.1 Å². The van der Waals surface area contributed by atoms with Crippen molar-refractivity contribution in [2.75, 3.05) is 19.6 Å². The average molecular weight is 231 g/mol. The Kier molecular flexibility index (Phi) is 4.21. The lowest BCUT2D eigenvalue weighted by atomic mass is 10.1. The molecule has 1 heterocycles. The lowest BCUT2D eigenvalue weighted by Crippen LogP contribution is -3.11. The summed E-state index contributed by atoms with van der Waals surface area (Å²) in [4.78, 5) is 5.06. The van der Waals surface area contributed by atoms with Gasteiger partial charge in [0.1, 0.15) is 0 Å². The molecule has 0 radical (unpaired) electrons. The smallest absolute Gasteiger partial charge is 0.0812 e. The van der Waals surface area contributed by atoms with Crippen molar-refractivity contribution >= 4 is 10.9 Å². The van der Waals surface area contributed by atoms with Crippen LogP contribution in [0.15, 0.2) is 30.5 Å². The van der Waals surface area contributed by atoms with Crippen LogP contribution in [0.2, 0.25) is 0 Å². The van der Waals surface area contributed by atoms with Gasteiger partial charge in [0, 0.05) is 23.5 Å². The molecule has 1 unspecified atom stereocenters. The van der Waals surface area contributed by atoms with E-state index in [1.54, 1.807) is 4.90 Å². The molecule has 0 saturated carbocycles. The average Bonchev–Trinajstić information content (AvgIpc) is 2.78. The molecule has 0 aliphatic carbocycles. The molecule has 0 bridgehead atoms. The third kappa shape index (κ3) is 2.89. The number of hydrogen-bond donors (Lipinski definition) is 2. The van der Waals surface area contributed by atoms with Crippen molar-refractivity contribution < 1.29 is 4.90 Å². The zero-order chi connectivity index (χ0) is 12.1. The minimum atomic E-state index is 1.17. The fourth-order valence-electron chi connectivity index (χ4n) is 2.48. The van der Waals surface area contributed by atoms with Crippen LogP contribution < -0.4 is 4.90 Å². The van der Waals surface area contributed by atoms with Crippen LogP contribution in [-0.4, -0.2) is 24.6 Å². The van der Waals surface area contributed by atoms with Gasteiger partial charge in [0.25, 0.3) is 0 Å². The summed E-state index contributed by atoms with van der Waals surface area (Å²) < 4.78 is 0. The molecule has 2 nitrogen and oxygen atoms in total. The van der Waals surface area contributed by atoms with Gasteiger partial charge in [0.05, 0.1) is 19.6 Å². The summed E-state index contributed by atoms with van der Waals surface area (Å²) in [6, 6.07) is 8.57. The first kappa shape index (κ1) is 12.2. The first-order valence-corrected chi connectivity index (χ1v) is 6.73. The van der Waals surface area contributed by atoms with E-state index in [4.69, 9.17) is 0 Å². The van der Waals surface area contributed by atoms with E-state index in [0.717, 1.165) is 0 Å². The van der Waals surface area contributed by atoms with Crippen molar-refractivity contribution in [2.24, 2.45) is 0 Å². The molecule has 0 fully saturated rings. The summed E-state index contributed by atoms with van der Waals surface area (Å²) in [5.41, 5.74) is 2.72. The van der Waals surface area contributed by atoms with E-state index in [2.05, 4.69) is 49.3 Å². The minimum absolute atomic E-state index is 1.17. The molecule has 0 aliphatic rings. The molecule has 0 saturated heterocycles. The molecule has 0 amide bonds. The van der Waals surface area contributed by atoms with Crippen LogP contribution in [0, 0.1) is 0 Å². The van der Waals surface area contributed by atoms with E-state index in [9.17, 15) is 0 Å². The van der Waals surface area contributed by atoms with Crippen molar-refractivity contribution in [3.05, 3.63) is 36.0 Å². The summed E-state index contributed by atoms with van der Waals surface area (Å²) in [6.45, 7) is 8.31. The molecule has 92 valence electrons. The van der Waals surface area contributed by atoms with Gasteiger partial charge in [-0.3, -0.25) is 0 Å². The highest BCUT2D eigenvalue weighted by Gasteiger charge is 2.07. The Labute approximate surface area is 104 Å². The largest absolute Gasteiger partial charge is 0.361 e. The number of rotatable bonds is 6. The molecule has 1 atom stereocenters. The van der Waals surface area contributed by atoms with Gasteiger partial charge in [0.2, 0.25) is 0 Å². The number of nitrogens with one attached hydrogen (secondary N) is 2. The highest BCUT2D eigenvalue weighted by Crippen LogP contribution is 2.17. The first-order valence-electron chi connectivity index (χ1n) is 6.73. The van der Waals surface area contributed by atoms with Crippen molar-refractivity contribution in [3.63, 3.8) is 0 Å². The maximum atomic E-state index is 3.35. The number of H-pyrrole nitrogens is 1. The third-order valence-electron chi connectivity index (χ3n) is 3.53. The summed E-state index contributed by atoms with van der Waals surface area (Å²) in [6.07, 6.45) is 4.62. The van der Waals surface area contributed by atoms with Crippen LogP contribution in [-0.2, 0) is 6.42 Å². The van der Waals surface area contributed by atoms with Crippen LogP contribution >= 0.6 is 0 Å². The molecule has 1 aromatic carbocycles. The van der Waals surface area contributed by atoms with E-state index in [1.807, 2.05) is 0 Å². The van der Waals surface area contributed by atoms with Gasteiger partial charge in [-0.15, -0.1) is 0 Å². The number of para-hydroxylation sites is 1. The molecule has 17 heavy (non-hydrogen) atoms. The zero-order valence-corrected chi connectivity index (χ0v) is 10.9. The Morgan fingerprint density at radius 2 is 1.94 bits per heavy atom. The Hall–Kier alpha value is -1.28. The van der Waals surface area contributed by atoms with Gasteiger partial charge in [-0.2, -0.15) is 0 Å². The van der Waals surface area contributed by atoms with E-state index >= 15 is 0 Å². The first-order chi connectivity index (χ1) is 8.35. The highest BCUT2D eigenvalue weighted by molar-refractivity contribution is 5.82. The van der Waals surface area contributed by atoms with Crippen molar-refractivity contribution in [2.45, 2.75) is 26.7 Å². The molecule has 2 N–H and O–H groups in total. The van der Waals surface area contributed by atoms with Crippen molar-refractivity contribution in [1.82, 2.24) is 4.98 Å². The molecule has 0 spiro atoms. The number of likely N-dealkylation sites (N-methyl/N-ethyl adjacent to an activating group) is 1. The van der Waals surface area contributed by atoms with E-state index < -0.39 is 0 Å². The number of benzene rings is 1. The van der Waals surface area contributed by atoms with Crippen LogP contribution in [0.4, 0.5) is 0 Å². The molecule has 0 aliphatic heterocycles. The van der Waals surface area contributed by atoms with E-state index in [1.165, 1.54) is 48.9 Å². The summed E-state index contributed by atoms with van der Waals surface area (Å²) in [7, 11) is 0. The van der Waals surface area contributed by atoms with E-state index in [0.29, 0.717) is 0 Å². The van der Waals surface area contributed by atoms with Gasteiger partial charge < -0.3 is 9.88 Å². The molecule has 1 aromatic heterocycles. The molecular formula is C15H23N2+. The minimum Gasteiger partial charge on any atom is -0.361 e. The molecular weight excluding hydrogens is 208 g/mol. The number of hydrogen-bond acceptors (Lipinski definition) is 0. The van der Waals surface area contributed by atoms with Crippen LogP contribution in [0.25, 0.3) is 10.9 Å². The second-order valence-corrected chi connectivity index (χ2v) is 4.71. The van der Waals surface area contributed by atoms with Crippen LogP contribution in [0.5, 0.6) is 0 Å². The summed E-state index contributed by atoms with van der Waals surface area (Å²) in [5.74, 6) is 0. The Morgan fingerprint density at radius 1 is 1.12 bits per heavy atom. The summed E-state index contributed by atoms with van der Waals surface area (Å²) >= 11 is 0. The van der Waals surface area contributed by atoms with Crippen LogP contribution in [0.1, 0.15) is 25.8 Å². The number of quaternary nitrogens is 1. The van der Waals surface area contributed by atoms with Gasteiger partial charge in [0.15, 0.2) is 0 Å². The third-order valence-corrected chi connectivity index (χ3v) is 3.53.